The van der Waals surface area contributed by atoms with Crippen molar-refractivity contribution < 1.29 is 4.79 Å². The van der Waals surface area contributed by atoms with E-state index in [0.29, 0.717) is 5.92 Å². The Morgan fingerprint density at radius 2 is 1.80 bits per heavy atom. The SMILES string of the molecule is Cc1ccccc1-c1nc2n(n1)C1(CCCCC1)[C@@H]1CCCC[C@@H]1N2C(=O)C(C)C. The number of rotatable bonds is 2. The fourth-order valence-electron chi connectivity index (χ4n) is 6.34. The number of benzene rings is 1. The average molecular weight is 407 g/mol. The fraction of sp³-hybridized carbons (Fsp3) is 0.640. The molecule has 0 bridgehead atoms. The fourth-order valence-corrected chi connectivity index (χ4v) is 6.34. The van der Waals surface area contributed by atoms with Crippen molar-refractivity contribution >= 4 is 11.9 Å². The maximum Gasteiger partial charge on any atom is 0.232 e. The first-order valence-electron chi connectivity index (χ1n) is 11.9. The lowest BCUT2D eigenvalue weighted by Crippen LogP contribution is -2.62. The van der Waals surface area contributed by atoms with E-state index in [1.807, 2.05) is 13.8 Å². The van der Waals surface area contributed by atoms with Gasteiger partial charge in [0.1, 0.15) is 0 Å². The number of anilines is 1. The predicted molar refractivity (Wildman–Crippen MR) is 119 cm³/mol. The topological polar surface area (TPSA) is 51.0 Å². The van der Waals surface area contributed by atoms with Gasteiger partial charge in [-0.25, -0.2) is 4.68 Å². The molecule has 1 spiro atoms. The Hall–Kier alpha value is -2.17. The third-order valence-corrected chi connectivity index (χ3v) is 7.82. The minimum Gasteiger partial charge on any atom is -0.277 e. The van der Waals surface area contributed by atoms with Gasteiger partial charge in [-0.3, -0.25) is 9.69 Å². The molecule has 1 aliphatic heterocycles. The number of hydrogen-bond acceptors (Lipinski definition) is 3. The first-order valence-corrected chi connectivity index (χ1v) is 11.9. The first kappa shape index (κ1) is 19.8. The van der Waals surface area contributed by atoms with Gasteiger partial charge in [0.25, 0.3) is 0 Å². The molecule has 1 aromatic carbocycles. The molecule has 2 aliphatic carbocycles. The molecule has 0 saturated heterocycles. The molecule has 1 amide bonds. The lowest BCUT2D eigenvalue weighted by molar-refractivity contribution is -0.123. The normalized spacial score (nSPS) is 25.3. The van der Waals surface area contributed by atoms with Gasteiger partial charge in [0.2, 0.25) is 11.9 Å². The highest BCUT2D eigenvalue weighted by molar-refractivity contribution is 5.94. The monoisotopic (exact) mass is 406 g/mol. The molecular weight excluding hydrogens is 372 g/mol. The lowest BCUT2D eigenvalue weighted by atomic mass is 9.64. The molecule has 2 saturated carbocycles. The van der Waals surface area contributed by atoms with Crippen LogP contribution in [-0.2, 0) is 10.3 Å². The molecule has 0 radical (unpaired) electrons. The van der Waals surface area contributed by atoms with Crippen molar-refractivity contribution in [1.82, 2.24) is 14.8 Å². The summed E-state index contributed by atoms with van der Waals surface area (Å²) in [5, 5.41) is 5.15. The van der Waals surface area contributed by atoms with E-state index >= 15 is 0 Å². The number of fused-ring (bicyclic) bond motifs is 4. The lowest BCUT2D eigenvalue weighted by Gasteiger charge is -2.55. The summed E-state index contributed by atoms with van der Waals surface area (Å²) in [4.78, 5) is 20.6. The van der Waals surface area contributed by atoms with Crippen LogP contribution in [0.25, 0.3) is 11.4 Å². The number of carbonyl (C=O) groups excluding carboxylic acids is 1. The molecule has 0 unspecified atom stereocenters. The summed E-state index contributed by atoms with van der Waals surface area (Å²) in [5.41, 5.74) is 2.28. The van der Waals surface area contributed by atoms with E-state index in [1.165, 1.54) is 56.9 Å². The molecule has 5 nitrogen and oxygen atoms in total. The second kappa shape index (κ2) is 7.51. The van der Waals surface area contributed by atoms with Crippen LogP contribution in [0.15, 0.2) is 24.3 Å². The van der Waals surface area contributed by atoms with E-state index < -0.39 is 0 Å². The van der Waals surface area contributed by atoms with Crippen LogP contribution >= 0.6 is 0 Å². The van der Waals surface area contributed by atoms with Crippen LogP contribution in [0, 0.1) is 18.8 Å². The van der Waals surface area contributed by atoms with E-state index in [-0.39, 0.29) is 23.4 Å². The number of hydrogen-bond donors (Lipinski definition) is 0. The second-order valence-corrected chi connectivity index (χ2v) is 9.95. The van der Waals surface area contributed by atoms with Gasteiger partial charge >= 0.3 is 0 Å². The summed E-state index contributed by atoms with van der Waals surface area (Å²) >= 11 is 0. The minimum atomic E-state index is -0.0416. The number of amides is 1. The van der Waals surface area contributed by atoms with Gasteiger partial charge in [-0.15, -0.1) is 5.10 Å². The van der Waals surface area contributed by atoms with Gasteiger partial charge in [0.05, 0.1) is 5.54 Å². The molecule has 5 rings (SSSR count). The Labute approximate surface area is 179 Å². The van der Waals surface area contributed by atoms with Gasteiger partial charge in [-0.1, -0.05) is 70.2 Å². The molecule has 3 aliphatic rings. The molecule has 30 heavy (non-hydrogen) atoms. The largest absolute Gasteiger partial charge is 0.277 e. The van der Waals surface area contributed by atoms with Gasteiger partial charge in [0.15, 0.2) is 5.82 Å². The Balaban J connectivity index is 1.72. The number of aryl methyl sites for hydroxylation is 1. The van der Waals surface area contributed by atoms with Crippen LogP contribution in [0.4, 0.5) is 5.95 Å². The zero-order chi connectivity index (χ0) is 20.9. The van der Waals surface area contributed by atoms with E-state index in [4.69, 9.17) is 10.1 Å². The van der Waals surface area contributed by atoms with Crippen LogP contribution in [0.3, 0.4) is 0 Å². The summed E-state index contributed by atoms with van der Waals surface area (Å²) in [6.45, 7) is 6.13. The van der Waals surface area contributed by atoms with Crippen molar-refractivity contribution in [3.8, 4) is 11.4 Å². The van der Waals surface area contributed by atoms with Crippen LogP contribution in [-0.4, -0.2) is 26.7 Å². The molecule has 160 valence electrons. The molecule has 0 N–H and O–H groups in total. The highest BCUT2D eigenvalue weighted by Gasteiger charge is 2.55. The minimum absolute atomic E-state index is 0.0281. The summed E-state index contributed by atoms with van der Waals surface area (Å²) in [5.74, 6) is 2.22. The predicted octanol–water partition coefficient (Wildman–Crippen LogP) is 5.47. The molecule has 5 heteroatoms. The van der Waals surface area contributed by atoms with E-state index in [1.54, 1.807) is 0 Å². The summed E-state index contributed by atoms with van der Waals surface area (Å²) < 4.78 is 2.22. The first-order chi connectivity index (χ1) is 14.5. The van der Waals surface area contributed by atoms with Crippen LogP contribution in [0.2, 0.25) is 0 Å². The Morgan fingerprint density at radius 1 is 1.07 bits per heavy atom. The van der Waals surface area contributed by atoms with Gasteiger partial charge in [-0.05, 0) is 38.2 Å². The Bertz CT molecular complexity index is 940. The van der Waals surface area contributed by atoms with Crippen molar-refractivity contribution in [2.24, 2.45) is 11.8 Å². The van der Waals surface area contributed by atoms with Crippen molar-refractivity contribution in [2.45, 2.75) is 90.1 Å². The van der Waals surface area contributed by atoms with Crippen LogP contribution < -0.4 is 4.90 Å². The molecule has 1 aromatic heterocycles. The zero-order valence-electron chi connectivity index (χ0n) is 18.6. The van der Waals surface area contributed by atoms with E-state index in [0.717, 1.165) is 23.8 Å². The maximum atomic E-state index is 13.4. The second-order valence-electron chi connectivity index (χ2n) is 9.95. The molecule has 2 atom stereocenters. The molecular formula is C25H34N4O. The zero-order valence-corrected chi connectivity index (χ0v) is 18.6. The van der Waals surface area contributed by atoms with Crippen LogP contribution in [0.5, 0.6) is 0 Å². The van der Waals surface area contributed by atoms with E-state index in [9.17, 15) is 4.79 Å². The van der Waals surface area contributed by atoms with Gasteiger partial charge in [-0.2, -0.15) is 4.98 Å². The van der Waals surface area contributed by atoms with Crippen LogP contribution in [0.1, 0.15) is 77.2 Å². The molecule has 2 heterocycles. The summed E-state index contributed by atoms with van der Waals surface area (Å²) in [6, 6.07) is 8.60. The third-order valence-electron chi connectivity index (χ3n) is 7.82. The Kier molecular flexibility index (Phi) is 4.95. The quantitative estimate of drug-likeness (QED) is 0.664. The average Bonchev–Trinajstić information content (AvgIpc) is 3.20. The standard InChI is InChI=1S/C25H34N4O/c1-17(2)23(30)28-21-14-8-7-13-20(21)25(15-9-4-10-16-25)29-24(28)26-22(27-29)19-12-6-5-11-18(19)3/h5-6,11-12,17,20-21H,4,7-10,13-16H2,1-3H3/t20-,21+/m1/s1. The number of nitrogens with zero attached hydrogens (tertiary/aromatic N) is 4. The summed E-state index contributed by atoms with van der Waals surface area (Å²) in [6.07, 6.45) is 10.9. The van der Waals surface area contributed by atoms with Crippen molar-refractivity contribution in [3.05, 3.63) is 29.8 Å². The third kappa shape index (κ3) is 2.92. The van der Waals surface area contributed by atoms with Crippen molar-refractivity contribution in [3.63, 3.8) is 0 Å². The van der Waals surface area contributed by atoms with Crippen molar-refractivity contribution in [2.75, 3.05) is 4.90 Å². The smallest absolute Gasteiger partial charge is 0.232 e. The Morgan fingerprint density at radius 3 is 2.53 bits per heavy atom. The highest BCUT2D eigenvalue weighted by Crippen LogP contribution is 2.53. The van der Waals surface area contributed by atoms with E-state index in [2.05, 4.69) is 40.8 Å². The maximum absolute atomic E-state index is 13.4. The molecule has 2 aromatic rings. The van der Waals surface area contributed by atoms with Gasteiger partial charge in [0, 0.05) is 23.4 Å². The summed E-state index contributed by atoms with van der Waals surface area (Å²) in [7, 11) is 0. The molecule has 2 fully saturated rings. The number of carbonyl (C=O) groups is 1. The van der Waals surface area contributed by atoms with Crippen molar-refractivity contribution in [1.29, 1.82) is 0 Å². The highest BCUT2D eigenvalue weighted by atomic mass is 16.2. The van der Waals surface area contributed by atoms with Gasteiger partial charge < -0.3 is 0 Å². The number of aromatic nitrogens is 3.